The van der Waals surface area contributed by atoms with Crippen LogP contribution < -0.4 is 0 Å². The van der Waals surface area contributed by atoms with Crippen molar-refractivity contribution in [3.63, 3.8) is 0 Å². The Kier molecular flexibility index (Phi) is 4.26. The van der Waals surface area contributed by atoms with E-state index in [0.717, 1.165) is 0 Å². The average molecular weight is 355 g/mol. The summed E-state index contributed by atoms with van der Waals surface area (Å²) in [6.07, 6.45) is 0. The van der Waals surface area contributed by atoms with Crippen molar-refractivity contribution >= 4 is 0 Å². The summed E-state index contributed by atoms with van der Waals surface area (Å²) in [7, 11) is 0. The van der Waals surface area contributed by atoms with E-state index in [0.29, 0.717) is 11.8 Å². The van der Waals surface area contributed by atoms with E-state index in [1.54, 1.807) is 0 Å². The van der Waals surface area contributed by atoms with Crippen molar-refractivity contribution in [2.24, 2.45) is 0 Å². The van der Waals surface area contributed by atoms with Crippen LogP contribution in [-0.4, -0.2) is 0 Å². The number of rotatable bonds is 3. The second kappa shape index (κ2) is 6.37. The molecular formula is C27H30. The van der Waals surface area contributed by atoms with Gasteiger partial charge >= 0.3 is 0 Å². The molecule has 138 valence electrons. The number of benzene rings is 3. The van der Waals surface area contributed by atoms with Crippen molar-refractivity contribution < 1.29 is 0 Å². The molecule has 0 heteroatoms. The Morgan fingerprint density at radius 2 is 1.30 bits per heavy atom. The molecule has 0 amide bonds. The van der Waals surface area contributed by atoms with Gasteiger partial charge in [0.2, 0.25) is 0 Å². The molecule has 27 heavy (non-hydrogen) atoms. The minimum absolute atomic E-state index is 0.0512. The van der Waals surface area contributed by atoms with Crippen molar-refractivity contribution in [1.29, 1.82) is 0 Å². The Hall–Kier alpha value is -2.34. The molecular weight excluding hydrogens is 324 g/mol. The van der Waals surface area contributed by atoms with E-state index in [2.05, 4.69) is 102 Å². The predicted octanol–water partition coefficient (Wildman–Crippen LogP) is 7.91. The normalized spacial score (nSPS) is 14.5. The quantitative estimate of drug-likeness (QED) is 0.448. The first-order chi connectivity index (χ1) is 12.8. The Balaban J connectivity index is 1.93. The van der Waals surface area contributed by atoms with E-state index < -0.39 is 0 Å². The first-order valence-corrected chi connectivity index (χ1v) is 10.2. The van der Waals surface area contributed by atoms with Crippen LogP contribution in [0.15, 0.2) is 60.7 Å². The third kappa shape index (κ3) is 2.74. The summed E-state index contributed by atoms with van der Waals surface area (Å²) in [5, 5.41) is 0. The highest BCUT2D eigenvalue weighted by molar-refractivity contribution is 5.84. The third-order valence-corrected chi connectivity index (χ3v) is 6.23. The first kappa shape index (κ1) is 18.0. The van der Waals surface area contributed by atoms with Crippen LogP contribution in [0.1, 0.15) is 75.6 Å². The SMILES string of the molecule is CC(C)c1cccc(-c2ccc3c(c2)C(C)(C)c2ccccc2-3)c1C(C)C. The molecule has 0 unspecified atom stereocenters. The third-order valence-electron chi connectivity index (χ3n) is 6.23. The smallest absolute Gasteiger partial charge is 0.0159 e. The van der Waals surface area contributed by atoms with Crippen LogP contribution in [-0.2, 0) is 5.41 Å². The van der Waals surface area contributed by atoms with Gasteiger partial charge in [0, 0.05) is 5.41 Å². The molecule has 0 bridgehead atoms. The molecule has 0 aliphatic heterocycles. The molecule has 0 saturated carbocycles. The molecule has 0 heterocycles. The minimum Gasteiger partial charge on any atom is -0.0619 e. The van der Waals surface area contributed by atoms with Crippen molar-refractivity contribution in [2.75, 3.05) is 0 Å². The zero-order valence-electron chi connectivity index (χ0n) is 17.4. The highest BCUT2D eigenvalue weighted by Gasteiger charge is 2.35. The Labute approximate surface area is 164 Å². The van der Waals surface area contributed by atoms with Crippen molar-refractivity contribution in [3.05, 3.63) is 82.9 Å². The summed E-state index contributed by atoms with van der Waals surface area (Å²) < 4.78 is 0. The van der Waals surface area contributed by atoms with Crippen LogP contribution >= 0.6 is 0 Å². The lowest BCUT2D eigenvalue weighted by atomic mass is 9.80. The Morgan fingerprint density at radius 1 is 0.630 bits per heavy atom. The van der Waals surface area contributed by atoms with Crippen LogP contribution in [0.5, 0.6) is 0 Å². The summed E-state index contributed by atoms with van der Waals surface area (Å²) in [4.78, 5) is 0. The van der Waals surface area contributed by atoms with Gasteiger partial charge in [-0.3, -0.25) is 0 Å². The predicted molar refractivity (Wildman–Crippen MR) is 118 cm³/mol. The fraction of sp³-hybridized carbons (Fsp3) is 0.333. The van der Waals surface area contributed by atoms with E-state index in [9.17, 15) is 0 Å². The molecule has 0 aromatic heterocycles. The van der Waals surface area contributed by atoms with Gasteiger partial charge in [-0.2, -0.15) is 0 Å². The van der Waals surface area contributed by atoms with Crippen LogP contribution in [0.3, 0.4) is 0 Å². The highest BCUT2D eigenvalue weighted by atomic mass is 14.4. The second-order valence-corrected chi connectivity index (χ2v) is 9.05. The van der Waals surface area contributed by atoms with Crippen molar-refractivity contribution in [2.45, 2.75) is 58.8 Å². The van der Waals surface area contributed by atoms with E-state index in [1.807, 2.05) is 0 Å². The lowest BCUT2D eigenvalue weighted by Crippen LogP contribution is -2.15. The highest BCUT2D eigenvalue weighted by Crippen LogP contribution is 2.50. The summed E-state index contributed by atoms with van der Waals surface area (Å²) in [6.45, 7) is 13.9. The molecule has 4 rings (SSSR count). The van der Waals surface area contributed by atoms with Gasteiger partial charge in [-0.15, -0.1) is 0 Å². The first-order valence-electron chi connectivity index (χ1n) is 10.2. The molecule has 0 atom stereocenters. The van der Waals surface area contributed by atoms with Gasteiger partial charge in [0.05, 0.1) is 0 Å². The fourth-order valence-electron chi connectivity index (χ4n) is 4.85. The largest absolute Gasteiger partial charge is 0.0619 e. The molecule has 1 aliphatic rings. The molecule has 0 radical (unpaired) electrons. The number of hydrogen-bond donors (Lipinski definition) is 0. The lowest BCUT2D eigenvalue weighted by molar-refractivity contribution is 0.660. The number of hydrogen-bond acceptors (Lipinski definition) is 0. The zero-order valence-corrected chi connectivity index (χ0v) is 17.4. The van der Waals surface area contributed by atoms with Gasteiger partial charge in [0.25, 0.3) is 0 Å². The van der Waals surface area contributed by atoms with Crippen LogP contribution in [0.4, 0.5) is 0 Å². The van der Waals surface area contributed by atoms with Gasteiger partial charge in [0.15, 0.2) is 0 Å². The molecule has 0 fully saturated rings. The summed E-state index contributed by atoms with van der Waals surface area (Å²) in [6, 6.07) is 22.8. The molecule has 0 N–H and O–H groups in total. The molecule has 3 aromatic carbocycles. The molecule has 3 aromatic rings. The fourth-order valence-corrected chi connectivity index (χ4v) is 4.85. The summed E-state index contributed by atoms with van der Waals surface area (Å²) in [5.74, 6) is 1.05. The van der Waals surface area contributed by atoms with E-state index >= 15 is 0 Å². The topological polar surface area (TPSA) is 0 Å². The minimum atomic E-state index is 0.0512. The van der Waals surface area contributed by atoms with Crippen molar-refractivity contribution in [3.8, 4) is 22.3 Å². The Bertz CT molecular complexity index is 1000. The monoisotopic (exact) mass is 354 g/mol. The van der Waals surface area contributed by atoms with Gasteiger partial charge in [-0.25, -0.2) is 0 Å². The summed E-state index contributed by atoms with van der Waals surface area (Å²) >= 11 is 0. The maximum absolute atomic E-state index is 2.45. The van der Waals surface area contributed by atoms with Gasteiger partial charge in [0.1, 0.15) is 0 Å². The molecule has 0 saturated heterocycles. The van der Waals surface area contributed by atoms with Gasteiger partial charge in [-0.05, 0) is 62.4 Å². The van der Waals surface area contributed by atoms with Crippen LogP contribution in [0.25, 0.3) is 22.3 Å². The van der Waals surface area contributed by atoms with Gasteiger partial charge in [-0.1, -0.05) is 96.1 Å². The average Bonchev–Trinajstić information content (AvgIpc) is 2.88. The maximum Gasteiger partial charge on any atom is 0.0159 e. The van der Waals surface area contributed by atoms with Crippen LogP contribution in [0.2, 0.25) is 0 Å². The molecule has 1 aliphatic carbocycles. The van der Waals surface area contributed by atoms with E-state index in [-0.39, 0.29) is 5.41 Å². The maximum atomic E-state index is 2.45. The van der Waals surface area contributed by atoms with Crippen LogP contribution in [0, 0.1) is 0 Å². The molecule has 0 nitrogen and oxygen atoms in total. The van der Waals surface area contributed by atoms with Crippen molar-refractivity contribution in [1.82, 2.24) is 0 Å². The van der Waals surface area contributed by atoms with Gasteiger partial charge < -0.3 is 0 Å². The standard InChI is InChI=1S/C27H30/c1-17(2)20-11-9-12-21(26(20)18(3)4)19-14-15-23-22-10-7-8-13-24(22)27(5,6)25(23)16-19/h7-18H,1-6H3. The van der Waals surface area contributed by atoms with E-state index in [1.165, 1.54) is 44.5 Å². The lowest BCUT2D eigenvalue weighted by Gasteiger charge is -2.24. The second-order valence-electron chi connectivity index (χ2n) is 9.05. The Morgan fingerprint density at radius 3 is 2.00 bits per heavy atom. The molecule has 0 spiro atoms. The van der Waals surface area contributed by atoms with E-state index in [4.69, 9.17) is 0 Å². The summed E-state index contributed by atoms with van der Waals surface area (Å²) in [5.41, 5.74) is 11.4. The zero-order chi connectivity index (χ0) is 19.3. The number of fused-ring (bicyclic) bond motifs is 3.